The summed E-state index contributed by atoms with van der Waals surface area (Å²) in [5.41, 5.74) is -0.175. The van der Waals surface area contributed by atoms with Crippen LogP contribution < -0.4 is 5.63 Å². The van der Waals surface area contributed by atoms with Crippen molar-refractivity contribution in [3.63, 3.8) is 0 Å². The van der Waals surface area contributed by atoms with E-state index in [0.29, 0.717) is 5.58 Å². The molecule has 0 radical (unpaired) electrons. The average molecular weight is 485 g/mol. The molecule has 3 heterocycles. The van der Waals surface area contributed by atoms with Gasteiger partial charge in [-0.25, -0.2) is 0 Å². The van der Waals surface area contributed by atoms with Gasteiger partial charge in [0.25, 0.3) is 0 Å². The molecule has 0 aliphatic carbocycles. The van der Waals surface area contributed by atoms with Gasteiger partial charge in [0, 0.05) is 0 Å². The van der Waals surface area contributed by atoms with Crippen LogP contribution >= 0.6 is 15.9 Å². The summed E-state index contributed by atoms with van der Waals surface area (Å²) in [6, 6.07) is 5.44. The summed E-state index contributed by atoms with van der Waals surface area (Å²) >= 11 is 3.78. The maximum absolute atomic E-state index is 12.2. The Labute approximate surface area is 163 Å². The number of fused-ring (bicyclic) bond motifs is 3. The number of nitrogens with zero attached hydrogens (tertiary/aromatic N) is 1. The van der Waals surface area contributed by atoms with Gasteiger partial charge in [-0.2, -0.15) is 0 Å². The minimum absolute atomic E-state index is 0.0503. The van der Waals surface area contributed by atoms with Gasteiger partial charge in [0.05, 0.1) is 0 Å². The number of hydrogen-bond acceptors (Lipinski definition) is 6. The first-order chi connectivity index (χ1) is 12.6. The average Bonchev–Trinajstić information content (AvgIpc) is 2.98. The molecule has 0 unspecified atom stereocenters. The van der Waals surface area contributed by atoms with Crippen LogP contribution in [0.3, 0.4) is 0 Å². The van der Waals surface area contributed by atoms with E-state index in [1.54, 1.807) is 6.07 Å². The van der Waals surface area contributed by atoms with E-state index >= 15 is 0 Å². The van der Waals surface area contributed by atoms with E-state index < -0.39 is 11.6 Å². The molecule has 4 rings (SSSR count). The van der Waals surface area contributed by atoms with Crippen molar-refractivity contribution in [2.24, 2.45) is 0 Å². The molecular formula is C18H16BrNO5Se. The third-order valence-electron chi connectivity index (χ3n) is 4.44. The van der Waals surface area contributed by atoms with Crippen molar-refractivity contribution in [3.05, 3.63) is 43.1 Å². The van der Waals surface area contributed by atoms with Crippen LogP contribution in [0.1, 0.15) is 14.8 Å². The van der Waals surface area contributed by atoms with Crippen LogP contribution in [0.5, 0.6) is 0 Å². The van der Waals surface area contributed by atoms with E-state index in [-0.39, 0.29) is 20.1 Å². The molecule has 26 heavy (non-hydrogen) atoms. The van der Waals surface area contributed by atoms with Crippen LogP contribution in [-0.2, 0) is 16.0 Å². The van der Waals surface area contributed by atoms with E-state index in [9.17, 15) is 9.59 Å². The monoisotopic (exact) mass is 485 g/mol. The molecule has 8 heteroatoms. The molecule has 1 fully saturated rings. The SMILES string of the molecule is COC(=O)c1cc2ccc3c(Br)c(CN4CCOCC4)[se]c3c2oc1=O. The zero-order chi connectivity index (χ0) is 18.3. The van der Waals surface area contributed by atoms with Gasteiger partial charge < -0.3 is 0 Å². The van der Waals surface area contributed by atoms with Crippen molar-refractivity contribution in [2.75, 3.05) is 33.4 Å². The Morgan fingerprint density at radius 1 is 1.35 bits per heavy atom. The summed E-state index contributed by atoms with van der Waals surface area (Å²) in [7, 11) is 1.25. The van der Waals surface area contributed by atoms with Gasteiger partial charge in [0.15, 0.2) is 0 Å². The number of carbonyl (C=O) groups excluding carboxylic acids is 1. The molecule has 3 aromatic rings. The molecule has 0 atom stereocenters. The first-order valence-corrected chi connectivity index (χ1v) is 10.6. The summed E-state index contributed by atoms with van der Waals surface area (Å²) in [5.74, 6) is -0.682. The van der Waals surface area contributed by atoms with Gasteiger partial charge in [-0.05, 0) is 0 Å². The molecule has 0 spiro atoms. The van der Waals surface area contributed by atoms with Crippen LogP contribution in [-0.4, -0.2) is 58.8 Å². The summed E-state index contributed by atoms with van der Waals surface area (Å²) in [6.45, 7) is 4.26. The molecule has 0 amide bonds. The van der Waals surface area contributed by atoms with Gasteiger partial charge in [0.1, 0.15) is 0 Å². The third-order valence-corrected chi connectivity index (χ3v) is 8.43. The van der Waals surface area contributed by atoms with Crippen LogP contribution in [0, 0.1) is 0 Å². The number of rotatable bonds is 3. The number of methoxy groups -OCH3 is 1. The molecule has 1 aromatic carbocycles. The number of ether oxygens (including phenoxy) is 2. The van der Waals surface area contributed by atoms with E-state index in [0.717, 1.165) is 52.4 Å². The quantitative estimate of drug-likeness (QED) is 0.323. The molecule has 1 aliphatic heterocycles. The Kier molecular flexibility index (Phi) is 5.03. The molecule has 0 N–H and O–H groups in total. The Morgan fingerprint density at radius 3 is 2.85 bits per heavy atom. The molecule has 6 nitrogen and oxygen atoms in total. The standard InChI is InChI=1S/C18H16BrNO5Se/c1-23-17(21)12-8-10-2-3-11-14(19)13(9-20-4-6-24-7-5-20)26-16(11)15(10)25-18(12)22/h2-3,8H,4-7,9H2,1H3. The third kappa shape index (κ3) is 3.16. The van der Waals surface area contributed by atoms with Crippen molar-refractivity contribution in [3.8, 4) is 0 Å². The Bertz CT molecular complexity index is 1050. The predicted molar refractivity (Wildman–Crippen MR) is 102 cm³/mol. The minimum atomic E-state index is -0.682. The fourth-order valence-corrected chi connectivity index (χ4v) is 6.81. The van der Waals surface area contributed by atoms with E-state index in [4.69, 9.17) is 9.15 Å². The summed E-state index contributed by atoms with van der Waals surface area (Å²) in [6.07, 6.45) is 0. The van der Waals surface area contributed by atoms with Crippen molar-refractivity contribution in [1.29, 1.82) is 0 Å². The number of esters is 1. The van der Waals surface area contributed by atoms with E-state index in [2.05, 4.69) is 25.6 Å². The van der Waals surface area contributed by atoms with Crippen LogP contribution in [0.25, 0.3) is 20.6 Å². The number of benzene rings is 1. The molecule has 136 valence electrons. The maximum atomic E-state index is 12.2. The molecular weight excluding hydrogens is 469 g/mol. The molecule has 1 saturated heterocycles. The van der Waals surface area contributed by atoms with Crippen LogP contribution in [0.15, 0.2) is 31.9 Å². The van der Waals surface area contributed by atoms with Crippen molar-refractivity contribution in [1.82, 2.24) is 4.90 Å². The number of hydrogen-bond donors (Lipinski definition) is 0. The summed E-state index contributed by atoms with van der Waals surface area (Å²) in [4.78, 5) is 26.3. The van der Waals surface area contributed by atoms with Gasteiger partial charge in [-0.1, -0.05) is 0 Å². The van der Waals surface area contributed by atoms with E-state index in [1.165, 1.54) is 11.5 Å². The Balaban J connectivity index is 1.82. The fourth-order valence-electron chi connectivity index (χ4n) is 3.07. The van der Waals surface area contributed by atoms with Crippen molar-refractivity contribution < 1.29 is 18.7 Å². The van der Waals surface area contributed by atoms with Gasteiger partial charge >= 0.3 is 164 Å². The van der Waals surface area contributed by atoms with Gasteiger partial charge in [-0.3, -0.25) is 0 Å². The van der Waals surface area contributed by atoms with Gasteiger partial charge in [0.2, 0.25) is 0 Å². The molecule has 1 aliphatic rings. The second-order valence-corrected chi connectivity index (χ2v) is 9.14. The second-order valence-electron chi connectivity index (χ2n) is 6.03. The van der Waals surface area contributed by atoms with Gasteiger partial charge in [-0.15, -0.1) is 0 Å². The molecule has 2 aromatic heterocycles. The summed E-state index contributed by atoms with van der Waals surface area (Å²) < 4.78 is 19.0. The normalized spacial score (nSPS) is 15.6. The fraction of sp³-hybridized carbons (Fsp3) is 0.333. The predicted octanol–water partition coefficient (Wildman–Crippen LogP) is 2.38. The zero-order valence-electron chi connectivity index (χ0n) is 14.0. The molecule has 0 bridgehead atoms. The van der Waals surface area contributed by atoms with Crippen molar-refractivity contribution >= 4 is 57.0 Å². The molecule has 0 saturated carbocycles. The van der Waals surface area contributed by atoms with Crippen LogP contribution in [0.2, 0.25) is 0 Å². The first-order valence-electron chi connectivity index (χ1n) is 8.14. The first kappa shape index (κ1) is 17.9. The number of halogens is 1. The van der Waals surface area contributed by atoms with E-state index in [1.807, 2.05) is 12.1 Å². The van der Waals surface area contributed by atoms with Crippen LogP contribution in [0.4, 0.5) is 0 Å². The Hall–Kier alpha value is -1.44. The number of morpholine rings is 1. The Morgan fingerprint density at radius 2 is 2.12 bits per heavy atom. The topological polar surface area (TPSA) is 69.0 Å². The second kappa shape index (κ2) is 7.29. The zero-order valence-corrected chi connectivity index (χ0v) is 17.3. The van der Waals surface area contributed by atoms with Crippen molar-refractivity contribution in [2.45, 2.75) is 6.54 Å². The summed E-state index contributed by atoms with van der Waals surface area (Å²) in [5, 5.41) is 1.80. The number of carbonyl (C=O) groups is 1.